The van der Waals surface area contributed by atoms with Crippen LogP contribution in [0.5, 0.6) is 0 Å². The molecule has 2 unspecified atom stereocenters. The second kappa shape index (κ2) is 31.7. The van der Waals surface area contributed by atoms with E-state index in [1.54, 1.807) is 34.0 Å². The summed E-state index contributed by atoms with van der Waals surface area (Å²) >= 11 is 1.64. The number of unbranched alkanes of at least 4 members (excludes halogenated alkanes) is 6. The molecule has 1 aliphatic heterocycles. The highest BCUT2D eigenvalue weighted by molar-refractivity contribution is 7.13. The van der Waals surface area contributed by atoms with Gasteiger partial charge < -0.3 is 26.4 Å². The number of nitrogens with zero attached hydrogens (tertiary/aromatic N) is 7. The van der Waals surface area contributed by atoms with Gasteiger partial charge in [0, 0.05) is 86.7 Å². The lowest BCUT2D eigenvalue weighted by atomic mass is 9.92. The number of hydrogen-bond acceptors (Lipinski definition) is 10. The number of thiazole rings is 1. The summed E-state index contributed by atoms with van der Waals surface area (Å²) in [6.45, 7) is 22.5. The molecule has 7 rings (SSSR count). The standard InChI is InChI=1S/C35H44F3N7O2.C13H14N2OS.C10H19NO2.C2H6/c1-4-27(13-9-8-10-14-32(39)46)44(40-2)22-12-7-5-6-11-21-41-34(47)25-15-20-31-29(23-25)30-24-43(3)42-33(30)45(31)28-18-16-26(17-19-28)35(36,37)38;1-9(14-7-16)11-3-5-12(6-4-11)13-10(2)15-8-17-13;1-10(2,3)6-9(13)11-5-4-8(12)7-11;1-2/h4,15-20,23-24H,2,5-14,21-22H2,1,3H3,(H2,39,46)(H,41,47);3-9H,1-2H3,(H,14,16);8,12H,4-7H2,1-3H3;1-2H3/b27-4-;;;. The number of aryl methyl sites for hydroxylation is 2. The van der Waals surface area contributed by atoms with E-state index in [-0.39, 0.29) is 35.3 Å². The van der Waals surface area contributed by atoms with E-state index >= 15 is 0 Å². The Balaban J connectivity index is 0.000000338. The number of fused-ring (bicyclic) bond motifs is 3. The van der Waals surface area contributed by atoms with Crippen molar-refractivity contribution in [2.45, 2.75) is 151 Å². The SMILES string of the molecule is C=NN(CCCCCCCNC(=O)c1ccc2c(c1)c1cn(C)nc1n2-c1ccc(C(F)(F)F)cc1)/C(=C\C)CCCCCC(N)=O.CC.CC(C)(C)CC(=O)N1CCC(O)C1.Cc1ncsc1-c1ccc(C(C)NC=O)cc1. The number of hydrogen-bond donors (Lipinski definition) is 4. The number of primary amides is 1. The molecule has 4 amide bonds. The first-order valence-electron chi connectivity index (χ1n) is 27.4. The van der Waals surface area contributed by atoms with E-state index in [1.807, 2.05) is 80.2 Å². The lowest BCUT2D eigenvalue weighted by Crippen LogP contribution is -2.32. The molecule has 19 heteroatoms. The Bertz CT molecular complexity index is 2900. The Hall–Kier alpha value is -6.86. The zero-order valence-electron chi connectivity index (χ0n) is 47.7. The average molecular weight is 1110 g/mol. The summed E-state index contributed by atoms with van der Waals surface area (Å²) in [7, 11) is 1.78. The smallest absolute Gasteiger partial charge is 0.391 e. The van der Waals surface area contributed by atoms with E-state index in [4.69, 9.17) is 5.73 Å². The molecule has 79 heavy (non-hydrogen) atoms. The van der Waals surface area contributed by atoms with Crippen molar-refractivity contribution in [1.29, 1.82) is 0 Å². The molecule has 3 aromatic heterocycles. The minimum absolute atomic E-state index is 0.0455. The summed E-state index contributed by atoms with van der Waals surface area (Å²) in [5, 5.41) is 27.3. The van der Waals surface area contributed by atoms with Crippen LogP contribution in [0.25, 0.3) is 38.1 Å². The van der Waals surface area contributed by atoms with Gasteiger partial charge in [-0.15, -0.1) is 11.3 Å². The minimum atomic E-state index is -4.42. The Morgan fingerprint density at radius 2 is 1.61 bits per heavy atom. The molecule has 0 aliphatic carbocycles. The summed E-state index contributed by atoms with van der Waals surface area (Å²) < 4.78 is 42.9. The number of amides is 4. The van der Waals surface area contributed by atoms with Crippen molar-refractivity contribution in [2.75, 3.05) is 26.2 Å². The number of nitrogens with one attached hydrogen (secondary N) is 2. The van der Waals surface area contributed by atoms with Gasteiger partial charge in [-0.2, -0.15) is 23.4 Å². The first kappa shape index (κ1) is 64.7. The number of allylic oxidation sites excluding steroid dienone is 2. The highest BCUT2D eigenvalue weighted by Crippen LogP contribution is 2.35. The number of aromatic nitrogens is 4. The Labute approximate surface area is 468 Å². The van der Waals surface area contributed by atoms with Gasteiger partial charge in [0.05, 0.1) is 39.3 Å². The summed E-state index contributed by atoms with van der Waals surface area (Å²) in [5.41, 5.74) is 13.3. The van der Waals surface area contributed by atoms with Gasteiger partial charge in [-0.25, -0.2) is 4.98 Å². The van der Waals surface area contributed by atoms with Crippen LogP contribution in [0, 0.1) is 12.3 Å². The highest BCUT2D eigenvalue weighted by atomic mass is 32.1. The van der Waals surface area contributed by atoms with Gasteiger partial charge in [-0.05, 0) is 118 Å². The lowest BCUT2D eigenvalue weighted by Gasteiger charge is -2.22. The van der Waals surface area contributed by atoms with Crippen molar-refractivity contribution in [3.05, 3.63) is 113 Å². The van der Waals surface area contributed by atoms with E-state index in [1.165, 1.54) is 22.6 Å². The zero-order chi connectivity index (χ0) is 58.3. The topological polar surface area (TPSA) is 193 Å². The number of aliphatic hydroxyl groups excluding tert-OH is 1. The maximum atomic E-state index is 13.1. The van der Waals surface area contributed by atoms with Crippen molar-refractivity contribution < 1.29 is 37.5 Å². The third kappa shape index (κ3) is 20.1. The number of β-amino-alcohol motifs (C(OH)–C–C–N with tert-alkyl or cyclic N) is 1. The third-order valence-electron chi connectivity index (χ3n) is 13.2. The molecule has 0 bridgehead atoms. The van der Waals surface area contributed by atoms with Crippen LogP contribution in [0.1, 0.15) is 159 Å². The van der Waals surface area contributed by atoms with Crippen LogP contribution in [0.3, 0.4) is 0 Å². The highest BCUT2D eigenvalue weighted by Gasteiger charge is 2.31. The fourth-order valence-electron chi connectivity index (χ4n) is 9.06. The van der Waals surface area contributed by atoms with Crippen LogP contribution in [0.15, 0.2) is 95.3 Å². The van der Waals surface area contributed by atoms with Gasteiger partial charge in [0.15, 0.2) is 5.65 Å². The molecule has 5 N–H and O–H groups in total. The number of carbonyl (C=O) groups is 4. The van der Waals surface area contributed by atoms with Crippen LogP contribution in [0.4, 0.5) is 13.2 Å². The van der Waals surface area contributed by atoms with Crippen molar-refractivity contribution in [1.82, 2.24) is 39.9 Å². The molecule has 1 aliphatic rings. The van der Waals surface area contributed by atoms with Crippen LogP contribution >= 0.6 is 11.3 Å². The van der Waals surface area contributed by atoms with Gasteiger partial charge in [-0.1, -0.05) is 90.6 Å². The number of aliphatic hydroxyl groups is 1. The molecule has 2 atom stereocenters. The van der Waals surface area contributed by atoms with E-state index < -0.39 is 11.7 Å². The quantitative estimate of drug-likeness (QED) is 0.0211. The fraction of sp³-hybridized carbons (Fsp3) is 0.483. The molecular formula is C60H83F3N10O5S. The van der Waals surface area contributed by atoms with Gasteiger partial charge in [0.2, 0.25) is 18.2 Å². The predicted molar refractivity (Wildman–Crippen MR) is 313 cm³/mol. The molecule has 1 fully saturated rings. The predicted octanol–water partition coefficient (Wildman–Crippen LogP) is 12.4. The minimum Gasteiger partial charge on any atom is -0.391 e. The van der Waals surface area contributed by atoms with Gasteiger partial charge in [-0.3, -0.25) is 33.4 Å². The summed E-state index contributed by atoms with van der Waals surface area (Å²) in [4.78, 5) is 53.1. The van der Waals surface area contributed by atoms with Gasteiger partial charge >= 0.3 is 6.18 Å². The summed E-state index contributed by atoms with van der Waals surface area (Å²) in [6.07, 6.45) is 10.2. The van der Waals surface area contributed by atoms with Crippen LogP contribution < -0.4 is 16.4 Å². The van der Waals surface area contributed by atoms with E-state index in [9.17, 15) is 37.5 Å². The van der Waals surface area contributed by atoms with Crippen molar-refractivity contribution in [2.24, 2.45) is 23.3 Å². The average Bonchev–Trinajstić information content (AvgIpc) is 4.38. The Morgan fingerprint density at radius 1 is 0.949 bits per heavy atom. The van der Waals surface area contributed by atoms with Crippen molar-refractivity contribution in [3.8, 4) is 16.1 Å². The molecule has 15 nitrogen and oxygen atoms in total. The number of alkyl halides is 3. The number of rotatable bonds is 23. The molecule has 430 valence electrons. The van der Waals surface area contributed by atoms with Crippen molar-refractivity contribution >= 4 is 64.1 Å². The monoisotopic (exact) mass is 1110 g/mol. The van der Waals surface area contributed by atoms with Gasteiger partial charge in [0.25, 0.3) is 5.91 Å². The normalized spacial score (nSPS) is 13.8. The zero-order valence-corrected chi connectivity index (χ0v) is 48.5. The largest absolute Gasteiger partial charge is 0.416 e. The molecule has 0 saturated carbocycles. The van der Waals surface area contributed by atoms with E-state index in [0.717, 1.165) is 129 Å². The number of hydrazone groups is 1. The lowest BCUT2D eigenvalue weighted by molar-refractivity contribution is -0.137. The molecule has 3 aromatic carbocycles. The first-order valence-corrected chi connectivity index (χ1v) is 28.3. The Morgan fingerprint density at radius 3 is 2.19 bits per heavy atom. The number of likely N-dealkylation sites (tertiary alicyclic amines) is 1. The van der Waals surface area contributed by atoms with E-state index in [2.05, 4.69) is 71.5 Å². The molecular weight excluding hydrogens is 1030 g/mol. The number of benzene rings is 3. The molecule has 1 saturated heterocycles. The number of halogens is 3. The maximum Gasteiger partial charge on any atom is 0.416 e. The van der Waals surface area contributed by atoms with E-state index in [0.29, 0.717) is 42.8 Å². The van der Waals surface area contributed by atoms with Gasteiger partial charge in [0.1, 0.15) is 0 Å². The molecule has 0 spiro atoms. The third-order valence-corrected chi connectivity index (χ3v) is 14.2. The maximum absolute atomic E-state index is 13.1. The number of carbonyl (C=O) groups excluding carboxylic acids is 4. The van der Waals surface area contributed by atoms with Crippen LogP contribution in [0.2, 0.25) is 0 Å². The Kier molecular flexibility index (Phi) is 25.9. The van der Waals surface area contributed by atoms with Crippen molar-refractivity contribution in [3.63, 3.8) is 0 Å². The summed E-state index contributed by atoms with van der Waals surface area (Å²) in [6, 6.07) is 18.6. The molecule has 6 aromatic rings. The fourth-order valence-corrected chi connectivity index (χ4v) is 9.87. The first-order chi connectivity index (χ1) is 37.6. The number of nitrogens with two attached hydrogens (primary N) is 1. The van der Waals surface area contributed by atoms with Crippen LogP contribution in [-0.2, 0) is 27.6 Å². The van der Waals surface area contributed by atoms with Crippen LogP contribution in [-0.4, -0.2) is 97.5 Å². The molecule has 0 radical (unpaired) electrons. The summed E-state index contributed by atoms with van der Waals surface area (Å²) in [5.74, 6) is -0.260. The second-order valence-corrected chi connectivity index (χ2v) is 21.5. The molecule has 4 heterocycles. The second-order valence-electron chi connectivity index (χ2n) is 20.7.